The molecule has 0 aliphatic carbocycles. The van der Waals surface area contributed by atoms with Crippen LogP contribution in [0.15, 0.2) is 18.2 Å². The van der Waals surface area contributed by atoms with E-state index in [1.54, 1.807) is 0 Å². The first kappa shape index (κ1) is 12.7. The van der Waals surface area contributed by atoms with Crippen LogP contribution in [0.2, 0.25) is 5.02 Å². The van der Waals surface area contributed by atoms with Crippen LogP contribution in [0.3, 0.4) is 0 Å². The van der Waals surface area contributed by atoms with Gasteiger partial charge in [-0.1, -0.05) is 37.9 Å². The van der Waals surface area contributed by atoms with Gasteiger partial charge in [0.25, 0.3) is 0 Å². The molecule has 1 aromatic heterocycles. The van der Waals surface area contributed by atoms with E-state index in [9.17, 15) is 0 Å². The number of benzene rings is 1. The summed E-state index contributed by atoms with van der Waals surface area (Å²) in [7, 11) is 0. The zero-order chi connectivity index (χ0) is 12.6. The van der Waals surface area contributed by atoms with Gasteiger partial charge in [0.1, 0.15) is 0 Å². The first-order valence-corrected chi connectivity index (χ1v) is 6.73. The van der Waals surface area contributed by atoms with Crippen LogP contribution in [0, 0.1) is 10.7 Å². The molecule has 0 fully saturated rings. The minimum atomic E-state index is 0.375. The van der Waals surface area contributed by atoms with Crippen LogP contribution in [-0.4, -0.2) is 9.55 Å². The number of nitrogens with one attached hydrogen (secondary N) is 1. The van der Waals surface area contributed by atoms with Gasteiger partial charge in [-0.15, -0.1) is 0 Å². The fourth-order valence-corrected chi connectivity index (χ4v) is 2.70. The van der Waals surface area contributed by atoms with Gasteiger partial charge >= 0.3 is 0 Å². The van der Waals surface area contributed by atoms with E-state index < -0.39 is 0 Å². The Balaban J connectivity index is 2.65. The van der Waals surface area contributed by atoms with Crippen molar-refractivity contribution in [2.75, 3.05) is 0 Å². The SMILES string of the molecule is CCC(C)C(C)n1c(=S)[nH]c2c(Cl)cccc21. The van der Waals surface area contributed by atoms with E-state index in [2.05, 4.69) is 36.4 Å². The summed E-state index contributed by atoms with van der Waals surface area (Å²) >= 11 is 11.6. The molecule has 1 heterocycles. The number of aromatic amines is 1. The number of aromatic nitrogens is 2. The highest BCUT2D eigenvalue weighted by Crippen LogP contribution is 2.29. The minimum Gasteiger partial charge on any atom is -0.329 e. The predicted molar refractivity (Wildman–Crippen MR) is 76.3 cm³/mol. The number of imidazole rings is 1. The second-order valence-corrected chi connectivity index (χ2v) is 5.35. The van der Waals surface area contributed by atoms with E-state index >= 15 is 0 Å². The highest BCUT2D eigenvalue weighted by molar-refractivity contribution is 7.71. The van der Waals surface area contributed by atoms with E-state index in [1.165, 1.54) is 0 Å². The molecule has 2 nitrogen and oxygen atoms in total. The summed E-state index contributed by atoms with van der Waals surface area (Å²) in [4.78, 5) is 3.20. The van der Waals surface area contributed by atoms with Gasteiger partial charge in [-0.05, 0) is 37.2 Å². The monoisotopic (exact) mass is 268 g/mol. The van der Waals surface area contributed by atoms with E-state index in [1.807, 2.05) is 12.1 Å². The average Bonchev–Trinajstić information content (AvgIpc) is 2.65. The fourth-order valence-electron chi connectivity index (χ4n) is 2.11. The van der Waals surface area contributed by atoms with Crippen LogP contribution in [0.1, 0.15) is 33.2 Å². The van der Waals surface area contributed by atoms with Gasteiger partial charge in [0.05, 0.1) is 16.1 Å². The lowest BCUT2D eigenvalue weighted by molar-refractivity contribution is 0.374. The Labute approximate surface area is 112 Å². The van der Waals surface area contributed by atoms with Crippen molar-refractivity contribution in [2.45, 2.75) is 33.2 Å². The van der Waals surface area contributed by atoms with Crippen molar-refractivity contribution in [3.05, 3.63) is 28.0 Å². The molecule has 2 unspecified atom stereocenters. The lowest BCUT2D eigenvalue weighted by atomic mass is 10.0. The Morgan fingerprint density at radius 1 is 1.41 bits per heavy atom. The second kappa shape index (κ2) is 4.83. The van der Waals surface area contributed by atoms with Gasteiger partial charge in [-0.3, -0.25) is 0 Å². The number of halogens is 1. The summed E-state index contributed by atoms with van der Waals surface area (Å²) in [5.41, 5.74) is 2.03. The van der Waals surface area contributed by atoms with Gasteiger partial charge in [-0.2, -0.15) is 0 Å². The van der Waals surface area contributed by atoms with Crippen LogP contribution in [0.5, 0.6) is 0 Å². The topological polar surface area (TPSA) is 20.7 Å². The van der Waals surface area contributed by atoms with E-state index in [-0.39, 0.29) is 0 Å². The first-order valence-electron chi connectivity index (χ1n) is 5.95. The van der Waals surface area contributed by atoms with Crippen molar-refractivity contribution in [3.63, 3.8) is 0 Å². The summed E-state index contributed by atoms with van der Waals surface area (Å²) in [6.45, 7) is 6.65. The van der Waals surface area contributed by atoms with Crippen molar-refractivity contribution in [1.29, 1.82) is 0 Å². The zero-order valence-corrected chi connectivity index (χ0v) is 11.9. The molecule has 0 aliphatic rings. The largest absolute Gasteiger partial charge is 0.329 e. The van der Waals surface area contributed by atoms with Gasteiger partial charge in [0.2, 0.25) is 0 Å². The molecule has 17 heavy (non-hydrogen) atoms. The fraction of sp³-hybridized carbons (Fsp3) is 0.462. The lowest BCUT2D eigenvalue weighted by Gasteiger charge is -2.20. The molecule has 1 aromatic carbocycles. The van der Waals surface area contributed by atoms with Gasteiger partial charge in [0.15, 0.2) is 4.77 Å². The maximum Gasteiger partial charge on any atom is 0.178 e. The van der Waals surface area contributed by atoms with Gasteiger partial charge in [0, 0.05) is 6.04 Å². The Bertz CT molecular complexity index is 585. The molecule has 2 atom stereocenters. The average molecular weight is 269 g/mol. The maximum atomic E-state index is 6.17. The number of nitrogens with zero attached hydrogens (tertiary/aromatic N) is 1. The maximum absolute atomic E-state index is 6.17. The minimum absolute atomic E-state index is 0.375. The van der Waals surface area contributed by atoms with Crippen molar-refractivity contribution in [1.82, 2.24) is 9.55 Å². The number of H-pyrrole nitrogens is 1. The number of hydrogen-bond donors (Lipinski definition) is 1. The Hall–Kier alpha value is -0.800. The summed E-state index contributed by atoms with van der Waals surface area (Å²) in [5, 5.41) is 0.726. The molecule has 4 heteroatoms. The van der Waals surface area contributed by atoms with E-state index in [4.69, 9.17) is 23.8 Å². The molecular weight excluding hydrogens is 252 g/mol. The molecule has 2 aromatic rings. The molecule has 0 bridgehead atoms. The molecule has 0 spiro atoms. The standard InChI is InChI=1S/C13H17ClN2S/c1-4-8(2)9(3)16-11-7-5-6-10(14)12(11)15-13(16)17/h5-9H,4H2,1-3H3,(H,15,17). The first-order chi connectivity index (χ1) is 8.06. The third kappa shape index (κ3) is 2.14. The van der Waals surface area contributed by atoms with Crippen molar-refractivity contribution in [3.8, 4) is 0 Å². The van der Waals surface area contributed by atoms with E-state index in [0.717, 1.165) is 27.2 Å². The highest BCUT2D eigenvalue weighted by Gasteiger charge is 2.16. The summed E-state index contributed by atoms with van der Waals surface area (Å²) in [6, 6.07) is 6.28. The Kier molecular flexibility index (Phi) is 3.59. The molecule has 0 amide bonds. The number of rotatable bonds is 3. The third-order valence-electron chi connectivity index (χ3n) is 3.58. The summed E-state index contributed by atoms with van der Waals surface area (Å²) < 4.78 is 2.92. The molecule has 0 aliphatic heterocycles. The predicted octanol–water partition coefficient (Wildman–Crippen LogP) is 4.96. The number of para-hydroxylation sites is 1. The van der Waals surface area contributed by atoms with Crippen LogP contribution < -0.4 is 0 Å². The quantitative estimate of drug-likeness (QED) is 0.781. The van der Waals surface area contributed by atoms with Crippen molar-refractivity contribution < 1.29 is 0 Å². The molecule has 0 radical (unpaired) electrons. The Morgan fingerprint density at radius 2 is 2.12 bits per heavy atom. The zero-order valence-electron chi connectivity index (χ0n) is 10.3. The molecule has 0 saturated carbocycles. The number of fused-ring (bicyclic) bond motifs is 1. The second-order valence-electron chi connectivity index (χ2n) is 4.56. The normalized spacial score (nSPS) is 15.1. The summed E-state index contributed by atoms with van der Waals surface area (Å²) in [5.74, 6) is 0.583. The summed E-state index contributed by atoms with van der Waals surface area (Å²) in [6.07, 6.45) is 1.14. The smallest absolute Gasteiger partial charge is 0.178 e. The third-order valence-corrected chi connectivity index (χ3v) is 4.19. The molecule has 1 N–H and O–H groups in total. The van der Waals surface area contributed by atoms with Crippen LogP contribution in [0.4, 0.5) is 0 Å². The molecule has 2 rings (SSSR count). The Morgan fingerprint density at radius 3 is 2.76 bits per heavy atom. The van der Waals surface area contributed by atoms with E-state index in [0.29, 0.717) is 12.0 Å². The van der Waals surface area contributed by atoms with Gasteiger partial charge in [-0.25, -0.2) is 0 Å². The molecule has 0 saturated heterocycles. The van der Waals surface area contributed by atoms with Crippen LogP contribution in [-0.2, 0) is 0 Å². The van der Waals surface area contributed by atoms with Gasteiger partial charge < -0.3 is 9.55 Å². The van der Waals surface area contributed by atoms with Crippen LogP contribution in [0.25, 0.3) is 11.0 Å². The number of hydrogen-bond acceptors (Lipinski definition) is 1. The lowest BCUT2D eigenvalue weighted by Crippen LogP contribution is -2.13. The molecular formula is C13H17ClN2S. The highest BCUT2D eigenvalue weighted by atomic mass is 35.5. The van der Waals surface area contributed by atoms with Crippen LogP contribution >= 0.6 is 23.8 Å². The van der Waals surface area contributed by atoms with Crippen molar-refractivity contribution >= 4 is 34.9 Å². The molecule has 92 valence electrons. The van der Waals surface area contributed by atoms with Crippen molar-refractivity contribution in [2.24, 2.45) is 5.92 Å².